The van der Waals surface area contributed by atoms with Crippen LogP contribution < -0.4 is 0 Å². The molecule has 0 aliphatic rings. The van der Waals surface area contributed by atoms with Crippen molar-refractivity contribution in [3.8, 4) is 0 Å². The normalized spacial score (nSPS) is 12.2. The van der Waals surface area contributed by atoms with Gasteiger partial charge in [0.1, 0.15) is 5.92 Å². The lowest BCUT2D eigenvalue weighted by Gasteiger charge is -2.19. The van der Waals surface area contributed by atoms with Gasteiger partial charge in [-0.2, -0.15) is 0 Å². The van der Waals surface area contributed by atoms with Crippen LogP contribution in [0.5, 0.6) is 0 Å². The molecule has 6 heteroatoms. The Kier molecular flexibility index (Phi) is 5.14. The summed E-state index contributed by atoms with van der Waals surface area (Å²) in [7, 11) is 1.63. The van der Waals surface area contributed by atoms with Crippen LogP contribution in [0.4, 0.5) is 0 Å². The monoisotopic (exact) mass is 319 g/mol. The molecule has 0 saturated heterocycles. The molecule has 1 rings (SSSR count). The number of carboxylic acid groups (broad SMARTS) is 1. The van der Waals surface area contributed by atoms with E-state index in [2.05, 4.69) is 15.9 Å². The number of carbonyl (C=O) groups is 2. The number of thiophene rings is 1. The van der Waals surface area contributed by atoms with Crippen molar-refractivity contribution in [1.29, 1.82) is 0 Å². The summed E-state index contributed by atoms with van der Waals surface area (Å²) in [5, 5.41) is 8.91. The summed E-state index contributed by atoms with van der Waals surface area (Å²) in [6.45, 7) is 2.14. The van der Waals surface area contributed by atoms with Crippen LogP contribution in [0.3, 0.4) is 0 Å². The van der Waals surface area contributed by atoms with Crippen molar-refractivity contribution < 1.29 is 14.7 Å². The average Bonchev–Trinajstić information content (AvgIpc) is 2.64. The van der Waals surface area contributed by atoms with E-state index in [1.54, 1.807) is 14.0 Å². The van der Waals surface area contributed by atoms with Crippen molar-refractivity contribution in [3.05, 3.63) is 20.8 Å². The molecule has 0 fully saturated rings. The van der Waals surface area contributed by atoms with E-state index in [1.807, 2.05) is 12.1 Å². The van der Waals surface area contributed by atoms with Crippen molar-refractivity contribution in [2.45, 2.75) is 19.9 Å². The van der Waals surface area contributed by atoms with E-state index in [1.165, 1.54) is 16.2 Å². The van der Waals surface area contributed by atoms with E-state index in [9.17, 15) is 9.59 Å². The van der Waals surface area contributed by atoms with Crippen molar-refractivity contribution in [1.82, 2.24) is 4.90 Å². The second kappa shape index (κ2) is 6.16. The first-order chi connectivity index (χ1) is 7.95. The van der Waals surface area contributed by atoms with E-state index in [4.69, 9.17) is 5.11 Å². The molecule has 1 atom stereocenters. The van der Waals surface area contributed by atoms with Gasteiger partial charge in [-0.3, -0.25) is 9.59 Å². The number of hydrogen-bond acceptors (Lipinski definition) is 3. The van der Waals surface area contributed by atoms with Gasteiger partial charge in [-0.25, -0.2) is 0 Å². The van der Waals surface area contributed by atoms with E-state index in [-0.39, 0.29) is 5.91 Å². The van der Waals surface area contributed by atoms with E-state index in [0.29, 0.717) is 13.0 Å². The molecule has 0 aliphatic heterocycles. The number of amides is 1. The quantitative estimate of drug-likeness (QED) is 0.849. The Balaban J connectivity index is 2.66. The van der Waals surface area contributed by atoms with Crippen LogP contribution in [0.15, 0.2) is 15.9 Å². The van der Waals surface area contributed by atoms with Gasteiger partial charge in [0, 0.05) is 11.9 Å². The van der Waals surface area contributed by atoms with E-state index < -0.39 is 11.9 Å². The summed E-state index contributed by atoms with van der Waals surface area (Å²) in [5.74, 6) is -2.34. The lowest BCUT2D eigenvalue weighted by atomic mass is 10.1. The summed E-state index contributed by atoms with van der Waals surface area (Å²) >= 11 is 4.88. The van der Waals surface area contributed by atoms with Gasteiger partial charge in [-0.15, -0.1) is 11.3 Å². The van der Waals surface area contributed by atoms with Gasteiger partial charge >= 0.3 is 5.97 Å². The lowest BCUT2D eigenvalue weighted by Crippen LogP contribution is -2.36. The highest BCUT2D eigenvalue weighted by Crippen LogP contribution is 2.23. The molecule has 0 aliphatic carbocycles. The van der Waals surface area contributed by atoms with Gasteiger partial charge in [0.25, 0.3) is 0 Å². The van der Waals surface area contributed by atoms with Crippen molar-refractivity contribution >= 4 is 39.1 Å². The Hall–Kier alpha value is -0.880. The van der Waals surface area contributed by atoms with Gasteiger partial charge in [0.2, 0.25) is 5.91 Å². The summed E-state index contributed by atoms with van der Waals surface area (Å²) in [4.78, 5) is 25.2. The molecular formula is C11H14BrNO3S. The molecule has 17 heavy (non-hydrogen) atoms. The number of aliphatic carboxylic acids is 1. The maximum atomic E-state index is 11.9. The Bertz CT molecular complexity index is 419. The molecule has 1 aromatic heterocycles. The standard InChI is InChI=1S/C11H14BrNO3S/c1-3-8(11(15)16)10(14)13(2)6-7-4-5-9(12)17-7/h4-5,8H,3,6H2,1-2H3,(H,15,16). The molecule has 1 amide bonds. The van der Waals surface area contributed by atoms with Crippen molar-refractivity contribution in [2.75, 3.05) is 7.05 Å². The Morgan fingerprint density at radius 3 is 2.59 bits per heavy atom. The Morgan fingerprint density at radius 2 is 2.18 bits per heavy atom. The molecule has 0 spiro atoms. The fourth-order valence-corrected chi connectivity index (χ4v) is 3.01. The van der Waals surface area contributed by atoms with Crippen LogP contribution in [0.1, 0.15) is 18.2 Å². The summed E-state index contributed by atoms with van der Waals surface area (Å²) in [6.07, 6.45) is 0.312. The predicted molar refractivity (Wildman–Crippen MR) is 69.9 cm³/mol. The highest BCUT2D eigenvalue weighted by Gasteiger charge is 2.27. The fourth-order valence-electron chi connectivity index (χ4n) is 1.47. The van der Waals surface area contributed by atoms with Crippen LogP contribution in [0, 0.1) is 5.92 Å². The SMILES string of the molecule is CCC(C(=O)O)C(=O)N(C)Cc1ccc(Br)s1. The third-order valence-corrected chi connectivity index (χ3v) is 4.01. The molecule has 0 radical (unpaired) electrons. The number of halogens is 1. The molecule has 0 aromatic carbocycles. The Morgan fingerprint density at radius 1 is 1.53 bits per heavy atom. The summed E-state index contributed by atoms with van der Waals surface area (Å²) in [6, 6.07) is 3.83. The van der Waals surface area contributed by atoms with Crippen LogP contribution in [-0.2, 0) is 16.1 Å². The average molecular weight is 320 g/mol. The fraction of sp³-hybridized carbons (Fsp3) is 0.455. The zero-order valence-corrected chi connectivity index (χ0v) is 12.0. The van der Waals surface area contributed by atoms with Crippen molar-refractivity contribution in [2.24, 2.45) is 5.92 Å². The second-order valence-electron chi connectivity index (χ2n) is 3.70. The topological polar surface area (TPSA) is 57.6 Å². The zero-order valence-electron chi connectivity index (χ0n) is 9.64. The van der Waals surface area contributed by atoms with E-state index >= 15 is 0 Å². The maximum absolute atomic E-state index is 11.9. The largest absolute Gasteiger partial charge is 0.481 e. The molecule has 4 nitrogen and oxygen atoms in total. The maximum Gasteiger partial charge on any atom is 0.316 e. The van der Waals surface area contributed by atoms with Crippen molar-refractivity contribution in [3.63, 3.8) is 0 Å². The number of hydrogen-bond donors (Lipinski definition) is 1. The van der Waals surface area contributed by atoms with E-state index in [0.717, 1.165) is 8.66 Å². The molecule has 1 heterocycles. The molecule has 94 valence electrons. The lowest BCUT2D eigenvalue weighted by molar-refractivity contribution is -0.150. The number of carbonyl (C=O) groups excluding carboxylic acids is 1. The first-order valence-electron chi connectivity index (χ1n) is 5.17. The van der Waals surface area contributed by atoms with Crippen LogP contribution >= 0.6 is 27.3 Å². The summed E-state index contributed by atoms with van der Waals surface area (Å²) < 4.78 is 0.999. The predicted octanol–water partition coefficient (Wildman–Crippen LogP) is 2.58. The van der Waals surface area contributed by atoms with Gasteiger partial charge in [-0.1, -0.05) is 6.92 Å². The molecule has 1 N–H and O–H groups in total. The first-order valence-corrected chi connectivity index (χ1v) is 6.78. The van der Waals surface area contributed by atoms with Crippen LogP contribution in [0.25, 0.3) is 0 Å². The highest BCUT2D eigenvalue weighted by molar-refractivity contribution is 9.11. The molecule has 1 aromatic rings. The van der Waals surface area contributed by atoms with Gasteiger partial charge in [-0.05, 0) is 34.5 Å². The molecule has 0 saturated carbocycles. The first kappa shape index (κ1) is 14.2. The third kappa shape index (κ3) is 3.81. The highest BCUT2D eigenvalue weighted by atomic mass is 79.9. The third-order valence-electron chi connectivity index (χ3n) is 2.40. The van der Waals surface area contributed by atoms with Gasteiger partial charge < -0.3 is 10.0 Å². The number of nitrogens with zero attached hydrogens (tertiary/aromatic N) is 1. The summed E-state index contributed by atoms with van der Waals surface area (Å²) in [5.41, 5.74) is 0. The minimum absolute atomic E-state index is 0.312. The van der Waals surface area contributed by atoms with Gasteiger partial charge in [0.05, 0.1) is 10.3 Å². The van der Waals surface area contributed by atoms with Gasteiger partial charge in [0.15, 0.2) is 0 Å². The van der Waals surface area contributed by atoms with Crippen LogP contribution in [0.2, 0.25) is 0 Å². The van der Waals surface area contributed by atoms with Crippen LogP contribution in [-0.4, -0.2) is 28.9 Å². The minimum Gasteiger partial charge on any atom is -0.481 e. The zero-order chi connectivity index (χ0) is 13.0. The number of rotatable bonds is 5. The molecule has 1 unspecified atom stereocenters. The number of carboxylic acids is 1. The Labute approximate surface area is 112 Å². The smallest absolute Gasteiger partial charge is 0.316 e. The molecule has 0 bridgehead atoms. The minimum atomic E-state index is -1.06. The molecular weight excluding hydrogens is 306 g/mol. The second-order valence-corrected chi connectivity index (χ2v) is 6.25.